The molecule has 0 radical (unpaired) electrons. The average molecular weight is 276 g/mol. The van der Waals surface area contributed by atoms with E-state index in [-0.39, 0.29) is 12.5 Å². The van der Waals surface area contributed by atoms with E-state index < -0.39 is 17.9 Å². The van der Waals surface area contributed by atoms with Crippen molar-refractivity contribution >= 4 is 23.5 Å². The van der Waals surface area contributed by atoms with Gasteiger partial charge in [-0.3, -0.25) is 19.7 Å². The number of nitrogens with zero attached hydrogens (tertiary/aromatic N) is 2. The van der Waals surface area contributed by atoms with Crippen molar-refractivity contribution in [3.05, 3.63) is 23.9 Å². The molecule has 1 aliphatic rings. The van der Waals surface area contributed by atoms with Crippen LogP contribution in [0.15, 0.2) is 18.3 Å². The van der Waals surface area contributed by atoms with Gasteiger partial charge in [-0.25, -0.2) is 4.98 Å². The fraction of sp³-hybridized carbons (Fsp3) is 0.385. The van der Waals surface area contributed by atoms with Crippen LogP contribution in [0.1, 0.15) is 23.7 Å². The summed E-state index contributed by atoms with van der Waals surface area (Å²) in [6.45, 7) is 1.67. The Morgan fingerprint density at radius 3 is 2.95 bits per heavy atom. The van der Waals surface area contributed by atoms with Crippen LogP contribution in [0.4, 0.5) is 5.82 Å². The lowest BCUT2D eigenvalue weighted by atomic mass is 10.1. The lowest BCUT2D eigenvalue weighted by Crippen LogP contribution is -2.59. The van der Waals surface area contributed by atoms with Crippen LogP contribution in [0.3, 0.4) is 0 Å². The quantitative estimate of drug-likeness (QED) is 0.758. The highest BCUT2D eigenvalue weighted by Crippen LogP contribution is 2.18. The number of hydrogen-bond donors (Lipinski definition) is 2. The molecule has 7 nitrogen and oxygen atoms in total. The second-order valence-corrected chi connectivity index (χ2v) is 4.42. The van der Waals surface area contributed by atoms with Gasteiger partial charge < -0.3 is 10.2 Å². The summed E-state index contributed by atoms with van der Waals surface area (Å²) in [5, 5.41) is 5.07. The Bertz CT molecular complexity index is 558. The average Bonchev–Trinajstić information content (AvgIpc) is 2.45. The summed E-state index contributed by atoms with van der Waals surface area (Å²) < 4.78 is 0. The highest BCUT2D eigenvalue weighted by molar-refractivity contribution is 6.08. The predicted octanol–water partition coefficient (Wildman–Crippen LogP) is 0.000500. The SMILES string of the molecule is CCC1C(=O)NC(=O)CN1C(=O)c1cccnc1NC. The minimum absolute atomic E-state index is 0.124. The number of piperazine rings is 1. The third-order valence-corrected chi connectivity index (χ3v) is 3.18. The third-order valence-electron chi connectivity index (χ3n) is 3.18. The molecule has 2 heterocycles. The van der Waals surface area contributed by atoms with Crippen LogP contribution in [0.25, 0.3) is 0 Å². The molecule has 3 amide bonds. The van der Waals surface area contributed by atoms with E-state index in [1.54, 1.807) is 32.3 Å². The molecule has 106 valence electrons. The molecule has 0 bridgehead atoms. The van der Waals surface area contributed by atoms with Crippen molar-refractivity contribution in [3.63, 3.8) is 0 Å². The zero-order valence-corrected chi connectivity index (χ0v) is 11.3. The van der Waals surface area contributed by atoms with E-state index in [1.807, 2.05) is 0 Å². The number of amides is 3. The first-order valence-electron chi connectivity index (χ1n) is 6.36. The normalized spacial score (nSPS) is 18.7. The zero-order chi connectivity index (χ0) is 14.7. The van der Waals surface area contributed by atoms with Crippen LogP contribution in [0, 0.1) is 0 Å². The molecule has 0 aromatic carbocycles. The molecule has 2 N–H and O–H groups in total. The van der Waals surface area contributed by atoms with Gasteiger partial charge in [0.05, 0.1) is 5.56 Å². The van der Waals surface area contributed by atoms with E-state index in [9.17, 15) is 14.4 Å². The minimum Gasteiger partial charge on any atom is -0.372 e. The Kier molecular flexibility index (Phi) is 3.97. The summed E-state index contributed by atoms with van der Waals surface area (Å²) >= 11 is 0. The molecule has 20 heavy (non-hydrogen) atoms. The molecule has 1 atom stereocenters. The Hall–Kier alpha value is -2.44. The predicted molar refractivity (Wildman–Crippen MR) is 72.0 cm³/mol. The number of hydrogen-bond acceptors (Lipinski definition) is 5. The zero-order valence-electron chi connectivity index (χ0n) is 11.3. The standard InChI is InChI=1S/C13H16N4O3/c1-3-9-12(19)16-10(18)7-17(9)13(20)8-5-4-6-15-11(8)14-2/h4-6,9H,3,7H2,1-2H3,(H,14,15)(H,16,18,19). The van der Waals surface area contributed by atoms with E-state index in [2.05, 4.69) is 15.6 Å². The van der Waals surface area contributed by atoms with Gasteiger partial charge in [-0.15, -0.1) is 0 Å². The van der Waals surface area contributed by atoms with E-state index >= 15 is 0 Å². The van der Waals surface area contributed by atoms with Crippen molar-refractivity contribution in [3.8, 4) is 0 Å². The van der Waals surface area contributed by atoms with E-state index in [0.29, 0.717) is 17.8 Å². The molecule has 2 rings (SSSR count). The maximum atomic E-state index is 12.6. The first kappa shape index (κ1) is 14.0. The molecule has 1 aliphatic heterocycles. The molecule has 1 saturated heterocycles. The number of aromatic nitrogens is 1. The van der Waals surface area contributed by atoms with E-state index in [1.165, 1.54) is 4.90 Å². The maximum absolute atomic E-state index is 12.6. The molecule has 1 aromatic rings. The second-order valence-electron chi connectivity index (χ2n) is 4.42. The smallest absolute Gasteiger partial charge is 0.258 e. The molecule has 1 unspecified atom stereocenters. The first-order valence-corrected chi connectivity index (χ1v) is 6.36. The van der Waals surface area contributed by atoms with Crippen molar-refractivity contribution < 1.29 is 14.4 Å². The Balaban J connectivity index is 2.35. The van der Waals surface area contributed by atoms with Crippen LogP contribution in [-0.4, -0.2) is 47.2 Å². The number of nitrogens with one attached hydrogen (secondary N) is 2. The number of carbonyl (C=O) groups excluding carboxylic acids is 3. The highest BCUT2D eigenvalue weighted by atomic mass is 16.2. The number of anilines is 1. The van der Waals surface area contributed by atoms with Crippen LogP contribution in [0.2, 0.25) is 0 Å². The Labute approximate surface area is 116 Å². The van der Waals surface area contributed by atoms with Crippen molar-refractivity contribution in [2.45, 2.75) is 19.4 Å². The van der Waals surface area contributed by atoms with E-state index in [0.717, 1.165) is 0 Å². The van der Waals surface area contributed by atoms with Crippen molar-refractivity contribution in [2.75, 3.05) is 18.9 Å². The monoisotopic (exact) mass is 276 g/mol. The Morgan fingerprint density at radius 1 is 1.55 bits per heavy atom. The molecular formula is C13H16N4O3. The van der Waals surface area contributed by atoms with Crippen molar-refractivity contribution in [1.82, 2.24) is 15.2 Å². The summed E-state index contributed by atoms with van der Waals surface area (Å²) in [5.41, 5.74) is 0.343. The molecular weight excluding hydrogens is 260 g/mol. The van der Waals surface area contributed by atoms with Gasteiger partial charge in [0.1, 0.15) is 18.4 Å². The van der Waals surface area contributed by atoms with Gasteiger partial charge in [0, 0.05) is 13.2 Å². The molecule has 0 saturated carbocycles. The Morgan fingerprint density at radius 2 is 2.30 bits per heavy atom. The summed E-state index contributed by atoms with van der Waals surface area (Å²) in [4.78, 5) is 41.2. The maximum Gasteiger partial charge on any atom is 0.258 e. The largest absolute Gasteiger partial charge is 0.372 e. The van der Waals surface area contributed by atoms with Crippen molar-refractivity contribution in [1.29, 1.82) is 0 Å². The minimum atomic E-state index is -0.634. The van der Waals surface area contributed by atoms with Gasteiger partial charge in [0.25, 0.3) is 5.91 Å². The van der Waals surface area contributed by atoms with Gasteiger partial charge in [-0.05, 0) is 18.6 Å². The fourth-order valence-corrected chi connectivity index (χ4v) is 2.22. The molecule has 7 heteroatoms. The highest BCUT2D eigenvalue weighted by Gasteiger charge is 2.36. The fourth-order valence-electron chi connectivity index (χ4n) is 2.22. The summed E-state index contributed by atoms with van der Waals surface area (Å²) in [7, 11) is 1.66. The lowest BCUT2D eigenvalue weighted by molar-refractivity contribution is -0.138. The second kappa shape index (κ2) is 5.68. The lowest BCUT2D eigenvalue weighted by Gasteiger charge is -2.33. The van der Waals surface area contributed by atoms with E-state index in [4.69, 9.17) is 0 Å². The number of pyridine rings is 1. The van der Waals surface area contributed by atoms with Crippen LogP contribution >= 0.6 is 0 Å². The van der Waals surface area contributed by atoms with Gasteiger partial charge in [-0.1, -0.05) is 6.92 Å². The summed E-state index contributed by atoms with van der Waals surface area (Å²) in [6.07, 6.45) is 2.01. The first-order chi connectivity index (χ1) is 9.58. The molecule has 0 aliphatic carbocycles. The van der Waals surface area contributed by atoms with Gasteiger partial charge in [0.15, 0.2) is 0 Å². The number of rotatable bonds is 3. The van der Waals surface area contributed by atoms with Gasteiger partial charge in [-0.2, -0.15) is 0 Å². The molecule has 1 fully saturated rings. The topological polar surface area (TPSA) is 91.4 Å². The van der Waals surface area contributed by atoms with Crippen LogP contribution in [-0.2, 0) is 9.59 Å². The summed E-state index contributed by atoms with van der Waals surface area (Å²) in [6, 6.07) is 2.62. The number of carbonyl (C=O) groups is 3. The molecule has 0 spiro atoms. The number of imide groups is 1. The molecule has 1 aromatic heterocycles. The summed E-state index contributed by atoms with van der Waals surface area (Å²) in [5.74, 6) is -0.863. The van der Waals surface area contributed by atoms with Crippen molar-refractivity contribution in [2.24, 2.45) is 0 Å². The van der Waals surface area contributed by atoms with Crippen LogP contribution in [0.5, 0.6) is 0 Å². The third kappa shape index (κ3) is 2.47. The van der Waals surface area contributed by atoms with Crippen LogP contribution < -0.4 is 10.6 Å². The van der Waals surface area contributed by atoms with Gasteiger partial charge in [0.2, 0.25) is 11.8 Å². The van der Waals surface area contributed by atoms with Gasteiger partial charge >= 0.3 is 0 Å².